The predicted octanol–water partition coefficient (Wildman–Crippen LogP) is 0.772. The molecule has 2 N–H and O–H groups in total. The van der Waals surface area contributed by atoms with Crippen molar-refractivity contribution in [1.82, 2.24) is 4.90 Å². The summed E-state index contributed by atoms with van der Waals surface area (Å²) in [5, 5.41) is 0. The molecule has 0 saturated heterocycles. The van der Waals surface area contributed by atoms with Crippen molar-refractivity contribution in [2.24, 2.45) is 5.73 Å². The average Bonchev–Trinajstić information content (AvgIpc) is 2.81. The van der Waals surface area contributed by atoms with Gasteiger partial charge in [-0.05, 0) is 25.0 Å². The van der Waals surface area contributed by atoms with Gasteiger partial charge in [-0.3, -0.25) is 4.79 Å². The number of rotatable bonds is 5. The molecule has 0 radical (unpaired) electrons. The molecule has 0 aliphatic carbocycles. The van der Waals surface area contributed by atoms with Gasteiger partial charge in [-0.1, -0.05) is 0 Å². The van der Waals surface area contributed by atoms with Crippen molar-refractivity contribution in [2.45, 2.75) is 19.4 Å². The zero-order valence-electron chi connectivity index (χ0n) is 12.0. The van der Waals surface area contributed by atoms with Crippen LogP contribution in [0, 0.1) is 0 Å². The average molecular weight is 280 g/mol. The van der Waals surface area contributed by atoms with Crippen LogP contribution in [0.15, 0.2) is 12.1 Å². The molecule has 1 heterocycles. The number of benzene rings is 1. The maximum Gasteiger partial charge on any atom is 0.259 e. The van der Waals surface area contributed by atoms with Crippen molar-refractivity contribution < 1.29 is 19.0 Å². The number of fused-ring (bicyclic) bond motifs is 1. The zero-order chi connectivity index (χ0) is 14.7. The van der Waals surface area contributed by atoms with E-state index in [4.69, 9.17) is 19.9 Å². The first-order valence-corrected chi connectivity index (χ1v) is 6.48. The highest BCUT2D eigenvalue weighted by Crippen LogP contribution is 2.38. The Morgan fingerprint density at radius 3 is 2.65 bits per heavy atom. The van der Waals surface area contributed by atoms with Crippen molar-refractivity contribution in [3.05, 3.63) is 17.7 Å². The van der Waals surface area contributed by atoms with Gasteiger partial charge in [0.15, 0.2) is 18.1 Å². The lowest BCUT2D eigenvalue weighted by Crippen LogP contribution is -2.28. The van der Waals surface area contributed by atoms with Crippen molar-refractivity contribution in [3.8, 4) is 17.2 Å². The van der Waals surface area contributed by atoms with E-state index in [-0.39, 0.29) is 25.3 Å². The van der Waals surface area contributed by atoms with Crippen LogP contribution in [0.2, 0.25) is 0 Å². The minimum atomic E-state index is -0.102. The van der Waals surface area contributed by atoms with Crippen LogP contribution in [0.3, 0.4) is 0 Å². The van der Waals surface area contributed by atoms with Crippen LogP contribution in [0.5, 0.6) is 17.2 Å². The van der Waals surface area contributed by atoms with Crippen LogP contribution in [-0.4, -0.2) is 44.3 Å². The highest BCUT2D eigenvalue weighted by molar-refractivity contribution is 5.77. The summed E-state index contributed by atoms with van der Waals surface area (Å²) in [6, 6.07) is 3.60. The number of nitrogens with two attached hydrogens (primary N) is 1. The van der Waals surface area contributed by atoms with E-state index >= 15 is 0 Å². The summed E-state index contributed by atoms with van der Waals surface area (Å²) in [7, 11) is 3.38. The number of carbonyl (C=O) groups is 1. The summed E-state index contributed by atoms with van der Waals surface area (Å²) in [6.07, 6.45) is 0.641. The molecule has 6 heteroatoms. The molecule has 6 nitrogen and oxygen atoms in total. The van der Waals surface area contributed by atoms with E-state index < -0.39 is 0 Å². The molecule has 0 spiro atoms. The fourth-order valence-electron chi connectivity index (χ4n) is 1.87. The number of carbonyl (C=O) groups excluding carboxylic acids is 1. The largest absolute Gasteiger partial charge is 0.483 e. The number of likely N-dealkylation sites (N-methyl/N-ethyl adjacent to an activating group) is 1. The molecule has 0 aromatic heterocycles. The van der Waals surface area contributed by atoms with Gasteiger partial charge in [-0.25, -0.2) is 0 Å². The Kier molecular flexibility index (Phi) is 4.34. The van der Waals surface area contributed by atoms with Gasteiger partial charge in [0.25, 0.3) is 5.91 Å². The van der Waals surface area contributed by atoms with E-state index in [9.17, 15) is 4.79 Å². The third-order valence-electron chi connectivity index (χ3n) is 2.95. The molecule has 1 amide bonds. The lowest BCUT2D eigenvalue weighted by Gasteiger charge is -2.15. The monoisotopic (exact) mass is 280 g/mol. The molecular formula is C14H20N2O4. The minimum Gasteiger partial charge on any atom is -0.483 e. The van der Waals surface area contributed by atoms with Gasteiger partial charge in [0.1, 0.15) is 5.75 Å². The fourth-order valence-corrected chi connectivity index (χ4v) is 1.87. The molecule has 1 atom stereocenters. The summed E-state index contributed by atoms with van der Waals surface area (Å²) in [5.41, 5.74) is 6.75. The Hall–Kier alpha value is -1.95. The van der Waals surface area contributed by atoms with E-state index in [1.54, 1.807) is 20.2 Å². The molecule has 0 fully saturated rings. The first-order chi connectivity index (χ1) is 9.47. The van der Waals surface area contributed by atoms with E-state index in [1.165, 1.54) is 4.90 Å². The van der Waals surface area contributed by atoms with E-state index in [0.29, 0.717) is 23.7 Å². The molecular weight excluding hydrogens is 260 g/mol. The second kappa shape index (κ2) is 6.00. The minimum absolute atomic E-state index is 0.0118. The van der Waals surface area contributed by atoms with Gasteiger partial charge in [0.2, 0.25) is 6.79 Å². The Morgan fingerprint density at radius 1 is 1.40 bits per heavy atom. The maximum absolute atomic E-state index is 11.6. The van der Waals surface area contributed by atoms with Crippen LogP contribution in [0.4, 0.5) is 0 Å². The summed E-state index contributed by atoms with van der Waals surface area (Å²) in [6.45, 7) is 2.10. The number of hydrogen-bond donors (Lipinski definition) is 1. The van der Waals surface area contributed by atoms with Crippen LogP contribution in [-0.2, 0) is 11.2 Å². The Labute approximate surface area is 118 Å². The molecule has 2 rings (SSSR count). The molecule has 0 saturated carbocycles. The van der Waals surface area contributed by atoms with Gasteiger partial charge < -0.3 is 24.8 Å². The highest BCUT2D eigenvalue weighted by Gasteiger charge is 2.19. The van der Waals surface area contributed by atoms with E-state index in [1.807, 2.05) is 13.0 Å². The summed E-state index contributed by atoms with van der Waals surface area (Å²) in [4.78, 5) is 13.1. The smallest absolute Gasteiger partial charge is 0.259 e. The topological polar surface area (TPSA) is 74.0 Å². The molecule has 1 aromatic carbocycles. The van der Waals surface area contributed by atoms with Crippen LogP contribution >= 0.6 is 0 Å². The lowest BCUT2D eigenvalue weighted by molar-refractivity contribution is -0.130. The third kappa shape index (κ3) is 3.33. The van der Waals surface area contributed by atoms with Crippen LogP contribution in [0.1, 0.15) is 12.5 Å². The molecule has 0 bridgehead atoms. The van der Waals surface area contributed by atoms with Gasteiger partial charge in [-0.15, -0.1) is 0 Å². The number of nitrogens with zero attached hydrogens (tertiary/aromatic N) is 1. The molecule has 110 valence electrons. The first-order valence-electron chi connectivity index (χ1n) is 6.48. The van der Waals surface area contributed by atoms with Gasteiger partial charge >= 0.3 is 0 Å². The normalized spacial score (nSPS) is 14.0. The molecule has 20 heavy (non-hydrogen) atoms. The number of hydrogen-bond acceptors (Lipinski definition) is 5. The Morgan fingerprint density at radius 2 is 2.05 bits per heavy atom. The summed E-state index contributed by atoms with van der Waals surface area (Å²) >= 11 is 0. The van der Waals surface area contributed by atoms with E-state index in [2.05, 4.69) is 0 Å². The summed E-state index contributed by atoms with van der Waals surface area (Å²) in [5.74, 6) is 1.83. The third-order valence-corrected chi connectivity index (χ3v) is 2.95. The Balaban J connectivity index is 2.18. The fraction of sp³-hybridized carbons (Fsp3) is 0.500. The first kappa shape index (κ1) is 14.5. The summed E-state index contributed by atoms with van der Waals surface area (Å²) < 4.78 is 16.3. The van der Waals surface area contributed by atoms with Crippen LogP contribution < -0.4 is 19.9 Å². The second-order valence-corrected chi connectivity index (χ2v) is 5.07. The van der Waals surface area contributed by atoms with Crippen molar-refractivity contribution in [3.63, 3.8) is 0 Å². The second-order valence-electron chi connectivity index (χ2n) is 5.07. The van der Waals surface area contributed by atoms with Gasteiger partial charge in [0, 0.05) is 26.2 Å². The highest BCUT2D eigenvalue weighted by atomic mass is 16.7. The Bertz CT molecular complexity index is 500. The number of amides is 1. The van der Waals surface area contributed by atoms with Crippen LogP contribution in [0.25, 0.3) is 0 Å². The van der Waals surface area contributed by atoms with E-state index in [0.717, 1.165) is 5.56 Å². The zero-order valence-corrected chi connectivity index (χ0v) is 12.0. The molecule has 1 aliphatic heterocycles. The van der Waals surface area contributed by atoms with Crippen molar-refractivity contribution in [2.75, 3.05) is 27.5 Å². The molecule has 1 unspecified atom stereocenters. The molecule has 1 aromatic rings. The quantitative estimate of drug-likeness (QED) is 0.862. The number of ether oxygens (including phenoxy) is 3. The standard InChI is InChI=1S/C14H20N2O4/c1-9(15)4-10-5-12-13(20-8-19-12)6-11(10)18-7-14(17)16(2)3/h5-6,9H,4,7-8,15H2,1-3H3. The lowest BCUT2D eigenvalue weighted by atomic mass is 10.1. The maximum atomic E-state index is 11.6. The van der Waals surface area contributed by atoms with Gasteiger partial charge in [0.05, 0.1) is 0 Å². The van der Waals surface area contributed by atoms with Gasteiger partial charge in [-0.2, -0.15) is 0 Å². The molecule has 1 aliphatic rings. The van der Waals surface area contributed by atoms with Crippen molar-refractivity contribution in [1.29, 1.82) is 0 Å². The predicted molar refractivity (Wildman–Crippen MR) is 74.1 cm³/mol. The SMILES string of the molecule is CC(N)Cc1cc2c(cc1OCC(=O)N(C)C)OCO2. The van der Waals surface area contributed by atoms with Crippen molar-refractivity contribution >= 4 is 5.91 Å².